The third-order valence-corrected chi connectivity index (χ3v) is 6.11. The predicted octanol–water partition coefficient (Wildman–Crippen LogP) is 4.18. The Balaban J connectivity index is 1.98. The van der Waals surface area contributed by atoms with Gasteiger partial charge in [-0.15, -0.1) is 11.8 Å². The number of aromatic nitrogens is 2. The lowest BCUT2D eigenvalue weighted by Gasteiger charge is -2.16. The Labute approximate surface area is 147 Å². The summed E-state index contributed by atoms with van der Waals surface area (Å²) in [6.45, 7) is 2.03. The van der Waals surface area contributed by atoms with Gasteiger partial charge in [0.1, 0.15) is 0 Å². The third kappa shape index (κ3) is 4.58. The molecule has 114 valence electrons. The number of hydrogen-bond acceptors (Lipinski definition) is 3. The zero-order chi connectivity index (χ0) is 15.4. The molecule has 0 saturated carbocycles. The number of halogens is 2. The number of nitrogens with zero attached hydrogens (tertiary/aromatic N) is 2. The number of thioether (sulfide) groups is 1. The number of likely N-dealkylation sites (N-methyl/N-ethyl adjacent to an activating group) is 1. The van der Waals surface area contributed by atoms with Crippen LogP contribution in [0.15, 0.2) is 38.1 Å². The molecule has 0 radical (unpaired) electrons. The lowest BCUT2D eigenvalue weighted by atomic mass is 10.2. The Hall–Kier alpha value is -0.300. The Kier molecular flexibility index (Phi) is 6.34. The van der Waals surface area contributed by atoms with Crippen molar-refractivity contribution in [3.63, 3.8) is 0 Å². The summed E-state index contributed by atoms with van der Waals surface area (Å²) in [6.07, 6.45) is 0.956. The molecule has 1 aromatic heterocycles. The van der Waals surface area contributed by atoms with Gasteiger partial charge >= 0.3 is 0 Å². The molecule has 1 aromatic carbocycles. The number of rotatable bonds is 6. The van der Waals surface area contributed by atoms with Crippen LogP contribution in [-0.2, 0) is 13.5 Å². The highest BCUT2D eigenvalue weighted by molar-refractivity contribution is 9.10. The summed E-state index contributed by atoms with van der Waals surface area (Å²) in [4.78, 5) is 1.29. The third-order valence-electron chi connectivity index (χ3n) is 3.37. The Morgan fingerprint density at radius 1 is 1.29 bits per heavy atom. The summed E-state index contributed by atoms with van der Waals surface area (Å²) in [7, 11) is 4.02. The van der Waals surface area contributed by atoms with Gasteiger partial charge in [0.25, 0.3) is 0 Å². The molecule has 1 unspecified atom stereocenters. The molecular formula is C15H19Br2N3S. The fourth-order valence-electron chi connectivity index (χ4n) is 2.11. The number of aryl methyl sites for hydroxylation is 2. The van der Waals surface area contributed by atoms with E-state index in [1.54, 1.807) is 0 Å². The summed E-state index contributed by atoms with van der Waals surface area (Å²) in [6, 6.07) is 8.86. The van der Waals surface area contributed by atoms with Crippen molar-refractivity contribution in [2.75, 3.05) is 12.8 Å². The molecule has 1 heterocycles. The van der Waals surface area contributed by atoms with Crippen LogP contribution in [0.25, 0.3) is 0 Å². The minimum absolute atomic E-state index is 0.407. The second-order valence-corrected chi connectivity index (χ2v) is 7.73. The van der Waals surface area contributed by atoms with Crippen LogP contribution in [0, 0.1) is 6.92 Å². The molecule has 2 rings (SSSR count). The Bertz CT molecular complexity index is 596. The maximum atomic E-state index is 4.46. The maximum absolute atomic E-state index is 4.46. The number of nitrogens with one attached hydrogen (secondary N) is 1. The van der Waals surface area contributed by atoms with Crippen LogP contribution >= 0.6 is 43.6 Å². The van der Waals surface area contributed by atoms with Crippen LogP contribution in [0.5, 0.6) is 0 Å². The smallest absolute Gasteiger partial charge is 0.0738 e. The molecule has 0 fully saturated rings. The van der Waals surface area contributed by atoms with E-state index in [-0.39, 0.29) is 0 Å². The molecule has 2 aromatic rings. The lowest BCUT2D eigenvalue weighted by molar-refractivity contribution is 0.580. The molecule has 0 aliphatic carbocycles. The quantitative estimate of drug-likeness (QED) is 0.694. The van der Waals surface area contributed by atoms with E-state index in [0.717, 1.165) is 26.8 Å². The molecule has 0 spiro atoms. The molecule has 3 nitrogen and oxygen atoms in total. The molecule has 1 N–H and O–H groups in total. The number of hydrogen-bond donors (Lipinski definition) is 1. The molecule has 0 amide bonds. The molecule has 0 aliphatic rings. The fourth-order valence-corrected chi connectivity index (χ4v) is 3.88. The standard InChI is InChI=1S/C15H19Br2N3S/c1-10-15(17)14(20(3)19-10)8-12(18-2)9-21-13-6-4-11(16)5-7-13/h4-7,12,18H,8-9H2,1-3H3. The van der Waals surface area contributed by atoms with Crippen molar-refractivity contribution in [2.45, 2.75) is 24.3 Å². The van der Waals surface area contributed by atoms with Crippen molar-refractivity contribution in [3.8, 4) is 0 Å². The number of benzene rings is 1. The molecule has 21 heavy (non-hydrogen) atoms. The van der Waals surface area contributed by atoms with Crippen LogP contribution in [0.1, 0.15) is 11.4 Å². The van der Waals surface area contributed by atoms with Gasteiger partial charge in [0.2, 0.25) is 0 Å². The van der Waals surface area contributed by atoms with Crippen molar-refractivity contribution in [3.05, 3.63) is 44.6 Å². The molecule has 1 atom stereocenters. The van der Waals surface area contributed by atoms with Crippen molar-refractivity contribution in [1.82, 2.24) is 15.1 Å². The summed E-state index contributed by atoms with van der Waals surface area (Å²) in [5.41, 5.74) is 2.28. The van der Waals surface area contributed by atoms with Crippen molar-refractivity contribution < 1.29 is 0 Å². The highest BCUT2D eigenvalue weighted by Crippen LogP contribution is 2.25. The average Bonchev–Trinajstić information content (AvgIpc) is 2.71. The monoisotopic (exact) mass is 431 g/mol. The van der Waals surface area contributed by atoms with E-state index < -0.39 is 0 Å². The van der Waals surface area contributed by atoms with E-state index in [4.69, 9.17) is 0 Å². The first-order chi connectivity index (χ1) is 10.0. The van der Waals surface area contributed by atoms with E-state index in [1.807, 2.05) is 37.5 Å². The van der Waals surface area contributed by atoms with Crippen LogP contribution in [0.2, 0.25) is 0 Å². The second kappa shape index (κ2) is 7.81. The molecular weight excluding hydrogens is 414 g/mol. The van der Waals surface area contributed by atoms with E-state index in [2.05, 4.69) is 66.5 Å². The lowest BCUT2D eigenvalue weighted by Crippen LogP contribution is -2.31. The molecule has 6 heteroatoms. The minimum Gasteiger partial charge on any atom is -0.316 e. The first-order valence-electron chi connectivity index (χ1n) is 6.75. The van der Waals surface area contributed by atoms with Crippen molar-refractivity contribution in [1.29, 1.82) is 0 Å². The highest BCUT2D eigenvalue weighted by Gasteiger charge is 2.16. The summed E-state index contributed by atoms with van der Waals surface area (Å²) in [5, 5.41) is 7.86. The molecule has 0 bridgehead atoms. The highest BCUT2D eigenvalue weighted by atomic mass is 79.9. The van der Waals surface area contributed by atoms with Crippen molar-refractivity contribution in [2.24, 2.45) is 7.05 Å². The molecule has 0 saturated heterocycles. The largest absolute Gasteiger partial charge is 0.316 e. The summed E-state index contributed by atoms with van der Waals surface area (Å²) in [5.74, 6) is 1.02. The second-order valence-electron chi connectivity index (χ2n) is 4.92. The topological polar surface area (TPSA) is 29.9 Å². The van der Waals surface area contributed by atoms with Crippen LogP contribution in [0.4, 0.5) is 0 Å². The predicted molar refractivity (Wildman–Crippen MR) is 97.1 cm³/mol. The zero-order valence-electron chi connectivity index (χ0n) is 12.4. The first-order valence-corrected chi connectivity index (χ1v) is 9.32. The van der Waals surface area contributed by atoms with Gasteiger partial charge in [-0.25, -0.2) is 0 Å². The SMILES string of the molecule is CNC(CSc1ccc(Br)cc1)Cc1c(Br)c(C)nn1C. The first kappa shape index (κ1) is 17.1. The molecule has 0 aliphatic heterocycles. The van der Waals surface area contributed by atoms with E-state index in [9.17, 15) is 0 Å². The van der Waals surface area contributed by atoms with Crippen LogP contribution in [-0.4, -0.2) is 28.6 Å². The Morgan fingerprint density at radius 2 is 1.95 bits per heavy atom. The maximum Gasteiger partial charge on any atom is 0.0738 e. The van der Waals surface area contributed by atoms with Gasteiger partial charge in [-0.05, 0) is 54.2 Å². The van der Waals surface area contributed by atoms with Crippen LogP contribution in [0.3, 0.4) is 0 Å². The van der Waals surface area contributed by atoms with Gasteiger partial charge in [-0.1, -0.05) is 15.9 Å². The fraction of sp³-hybridized carbons (Fsp3) is 0.400. The van der Waals surface area contributed by atoms with Gasteiger partial charge in [0, 0.05) is 34.6 Å². The van der Waals surface area contributed by atoms with Gasteiger partial charge in [0.05, 0.1) is 15.9 Å². The Morgan fingerprint density at radius 3 is 2.48 bits per heavy atom. The van der Waals surface area contributed by atoms with E-state index in [0.29, 0.717) is 6.04 Å². The van der Waals surface area contributed by atoms with Gasteiger partial charge in [0.15, 0.2) is 0 Å². The van der Waals surface area contributed by atoms with Gasteiger partial charge in [-0.3, -0.25) is 4.68 Å². The van der Waals surface area contributed by atoms with Gasteiger partial charge < -0.3 is 5.32 Å². The van der Waals surface area contributed by atoms with E-state index in [1.165, 1.54) is 10.6 Å². The van der Waals surface area contributed by atoms with Crippen LogP contribution < -0.4 is 5.32 Å². The minimum atomic E-state index is 0.407. The average molecular weight is 433 g/mol. The van der Waals surface area contributed by atoms with Crippen molar-refractivity contribution >= 4 is 43.6 Å². The summed E-state index contributed by atoms with van der Waals surface area (Å²) >= 11 is 8.98. The normalized spacial score (nSPS) is 12.6. The summed E-state index contributed by atoms with van der Waals surface area (Å²) < 4.78 is 4.21. The van der Waals surface area contributed by atoms with E-state index >= 15 is 0 Å². The van der Waals surface area contributed by atoms with Gasteiger partial charge in [-0.2, -0.15) is 5.10 Å². The zero-order valence-corrected chi connectivity index (χ0v) is 16.3.